The lowest BCUT2D eigenvalue weighted by Gasteiger charge is -2.31. The number of hydrogen-bond acceptors (Lipinski definition) is 2. The number of nitrogens with one attached hydrogen (secondary N) is 1. The van der Waals surface area contributed by atoms with Crippen molar-refractivity contribution in [1.29, 1.82) is 0 Å². The highest BCUT2D eigenvalue weighted by Gasteiger charge is 2.28. The van der Waals surface area contributed by atoms with E-state index in [-0.39, 0.29) is 36.6 Å². The third-order valence-electron chi connectivity index (χ3n) is 6.48. The fourth-order valence-corrected chi connectivity index (χ4v) is 4.30. The van der Waals surface area contributed by atoms with Crippen LogP contribution < -0.4 is 5.32 Å². The van der Waals surface area contributed by atoms with Crippen molar-refractivity contribution in [3.8, 4) is 0 Å². The average molecular weight is 439 g/mol. The van der Waals surface area contributed by atoms with E-state index in [1.807, 2.05) is 12.1 Å². The van der Waals surface area contributed by atoms with Crippen molar-refractivity contribution in [2.45, 2.75) is 83.8 Å². The van der Waals surface area contributed by atoms with E-state index in [1.165, 1.54) is 23.0 Å². The smallest absolute Gasteiger partial charge is 0.242 e. The summed E-state index contributed by atoms with van der Waals surface area (Å²) in [5.74, 6) is -0.659. The summed E-state index contributed by atoms with van der Waals surface area (Å²) in [7, 11) is 0. The lowest BCUT2D eigenvalue weighted by molar-refractivity contribution is -0.141. The molecular formula is C27H35FN2O2. The molecule has 0 heterocycles. The predicted octanol–water partition coefficient (Wildman–Crippen LogP) is 5.19. The van der Waals surface area contributed by atoms with Gasteiger partial charge in [-0.15, -0.1) is 0 Å². The molecule has 1 saturated carbocycles. The van der Waals surface area contributed by atoms with Crippen LogP contribution in [-0.4, -0.2) is 28.8 Å². The lowest BCUT2D eigenvalue weighted by Crippen LogP contribution is -2.50. The summed E-state index contributed by atoms with van der Waals surface area (Å²) < 4.78 is 14.3. The van der Waals surface area contributed by atoms with Crippen LogP contribution in [-0.2, 0) is 29.0 Å². The van der Waals surface area contributed by atoms with Crippen molar-refractivity contribution in [1.82, 2.24) is 10.2 Å². The van der Waals surface area contributed by atoms with Crippen LogP contribution in [0, 0.1) is 5.82 Å². The lowest BCUT2D eigenvalue weighted by atomic mass is 9.95. The topological polar surface area (TPSA) is 49.4 Å². The van der Waals surface area contributed by atoms with E-state index < -0.39 is 6.04 Å². The third kappa shape index (κ3) is 6.65. The zero-order chi connectivity index (χ0) is 22.9. The standard InChI is InChI=1S/C27H35FN2O2/c1-3-21-13-15-22(16-14-21)17-18-26(31)30(19-23-9-7-8-12-25(23)28)20(2)27(32)29-24-10-5-4-6-11-24/h7-9,12-16,20,24H,3-6,10-11,17-19H2,1-2H3,(H,29,32)/t20-/m0/s1. The summed E-state index contributed by atoms with van der Waals surface area (Å²) in [6.07, 6.45) is 7.25. The van der Waals surface area contributed by atoms with Crippen molar-refractivity contribution < 1.29 is 14.0 Å². The molecule has 2 amide bonds. The molecule has 0 aromatic heterocycles. The molecule has 1 aliphatic carbocycles. The number of amides is 2. The number of carbonyl (C=O) groups is 2. The van der Waals surface area contributed by atoms with E-state index in [0.717, 1.165) is 37.7 Å². The summed E-state index contributed by atoms with van der Waals surface area (Å²) in [6, 6.07) is 14.2. The molecule has 1 N–H and O–H groups in total. The highest BCUT2D eigenvalue weighted by molar-refractivity contribution is 5.87. The molecule has 5 heteroatoms. The molecule has 0 saturated heterocycles. The summed E-state index contributed by atoms with van der Waals surface area (Å²) in [5, 5.41) is 3.11. The number of halogens is 1. The number of carbonyl (C=O) groups excluding carboxylic acids is 2. The highest BCUT2D eigenvalue weighted by Crippen LogP contribution is 2.19. The van der Waals surface area contributed by atoms with Gasteiger partial charge in [-0.2, -0.15) is 0 Å². The van der Waals surface area contributed by atoms with Crippen LogP contribution in [0.4, 0.5) is 4.39 Å². The van der Waals surface area contributed by atoms with Gasteiger partial charge in [0.15, 0.2) is 0 Å². The van der Waals surface area contributed by atoms with Gasteiger partial charge < -0.3 is 10.2 Å². The molecule has 1 fully saturated rings. The molecular weight excluding hydrogens is 403 g/mol. The Kier molecular flexibility index (Phi) is 8.83. The zero-order valence-corrected chi connectivity index (χ0v) is 19.3. The van der Waals surface area contributed by atoms with E-state index in [1.54, 1.807) is 25.1 Å². The summed E-state index contributed by atoms with van der Waals surface area (Å²) >= 11 is 0. The average Bonchev–Trinajstić information content (AvgIpc) is 2.82. The summed E-state index contributed by atoms with van der Waals surface area (Å²) in [5.41, 5.74) is 2.76. The second kappa shape index (κ2) is 11.8. The quantitative estimate of drug-likeness (QED) is 0.586. The molecule has 172 valence electrons. The maximum absolute atomic E-state index is 14.3. The Labute approximate surface area is 191 Å². The molecule has 0 bridgehead atoms. The van der Waals surface area contributed by atoms with E-state index in [9.17, 15) is 14.0 Å². The molecule has 0 aliphatic heterocycles. The van der Waals surface area contributed by atoms with Gasteiger partial charge >= 0.3 is 0 Å². The largest absolute Gasteiger partial charge is 0.352 e. The van der Waals surface area contributed by atoms with Gasteiger partial charge in [-0.1, -0.05) is 68.7 Å². The van der Waals surface area contributed by atoms with E-state index in [4.69, 9.17) is 0 Å². The molecule has 0 radical (unpaired) electrons. The fourth-order valence-electron chi connectivity index (χ4n) is 4.30. The Morgan fingerprint density at radius 1 is 1.03 bits per heavy atom. The van der Waals surface area contributed by atoms with Crippen LogP contribution in [0.15, 0.2) is 48.5 Å². The SMILES string of the molecule is CCc1ccc(CCC(=O)N(Cc2ccccc2F)[C@@H](C)C(=O)NC2CCCCC2)cc1. The molecule has 0 unspecified atom stereocenters. The van der Waals surface area contributed by atoms with Crippen LogP contribution in [0.2, 0.25) is 0 Å². The Balaban J connectivity index is 1.70. The van der Waals surface area contributed by atoms with Crippen molar-refractivity contribution >= 4 is 11.8 Å². The van der Waals surface area contributed by atoms with Gasteiger partial charge in [-0.25, -0.2) is 4.39 Å². The number of benzene rings is 2. The summed E-state index contributed by atoms with van der Waals surface area (Å²) in [6.45, 7) is 3.94. The fraction of sp³-hybridized carbons (Fsp3) is 0.481. The first-order valence-corrected chi connectivity index (χ1v) is 11.9. The Morgan fingerprint density at radius 2 is 1.69 bits per heavy atom. The zero-order valence-electron chi connectivity index (χ0n) is 19.3. The molecule has 1 atom stereocenters. The first kappa shape index (κ1) is 24.0. The van der Waals surface area contributed by atoms with Crippen LogP contribution in [0.5, 0.6) is 0 Å². The maximum Gasteiger partial charge on any atom is 0.242 e. The van der Waals surface area contributed by atoms with Gasteiger partial charge in [0.05, 0.1) is 0 Å². The van der Waals surface area contributed by atoms with Gasteiger partial charge in [0, 0.05) is 24.6 Å². The minimum Gasteiger partial charge on any atom is -0.352 e. The molecule has 2 aromatic carbocycles. The molecule has 2 aromatic rings. The van der Waals surface area contributed by atoms with E-state index >= 15 is 0 Å². The van der Waals surface area contributed by atoms with Gasteiger partial charge in [0.1, 0.15) is 11.9 Å². The number of nitrogens with zero attached hydrogens (tertiary/aromatic N) is 1. The van der Waals surface area contributed by atoms with Crippen LogP contribution in [0.25, 0.3) is 0 Å². The van der Waals surface area contributed by atoms with Crippen LogP contribution in [0.1, 0.15) is 69.1 Å². The third-order valence-corrected chi connectivity index (χ3v) is 6.48. The predicted molar refractivity (Wildman–Crippen MR) is 126 cm³/mol. The Morgan fingerprint density at radius 3 is 2.34 bits per heavy atom. The Bertz CT molecular complexity index is 891. The second-order valence-electron chi connectivity index (χ2n) is 8.80. The highest BCUT2D eigenvalue weighted by atomic mass is 19.1. The van der Waals surface area contributed by atoms with Gasteiger partial charge in [-0.05, 0) is 49.8 Å². The molecule has 4 nitrogen and oxygen atoms in total. The maximum atomic E-state index is 14.3. The monoisotopic (exact) mass is 438 g/mol. The van der Waals surface area contributed by atoms with Gasteiger partial charge in [0.25, 0.3) is 0 Å². The van der Waals surface area contributed by atoms with E-state index in [0.29, 0.717) is 12.0 Å². The summed E-state index contributed by atoms with van der Waals surface area (Å²) in [4.78, 5) is 27.7. The molecule has 1 aliphatic rings. The number of hydrogen-bond donors (Lipinski definition) is 1. The molecule has 0 spiro atoms. The normalized spacial score (nSPS) is 15.2. The van der Waals surface area contributed by atoms with Crippen molar-refractivity contribution in [3.63, 3.8) is 0 Å². The molecule has 3 rings (SSSR count). The van der Waals surface area contributed by atoms with Crippen molar-refractivity contribution in [2.24, 2.45) is 0 Å². The van der Waals surface area contributed by atoms with E-state index in [2.05, 4.69) is 24.4 Å². The van der Waals surface area contributed by atoms with Gasteiger partial charge in [0.2, 0.25) is 11.8 Å². The van der Waals surface area contributed by atoms with Gasteiger partial charge in [-0.3, -0.25) is 9.59 Å². The second-order valence-corrected chi connectivity index (χ2v) is 8.80. The first-order chi connectivity index (χ1) is 15.5. The van der Waals surface area contributed by atoms with Crippen LogP contribution in [0.3, 0.4) is 0 Å². The number of aryl methyl sites for hydroxylation is 2. The Hall–Kier alpha value is -2.69. The minimum atomic E-state index is -0.661. The molecule has 32 heavy (non-hydrogen) atoms. The number of rotatable bonds is 9. The first-order valence-electron chi connectivity index (χ1n) is 11.9. The minimum absolute atomic E-state index is 0.0829. The van der Waals surface area contributed by atoms with Crippen molar-refractivity contribution in [2.75, 3.05) is 0 Å². The van der Waals surface area contributed by atoms with Crippen LogP contribution >= 0.6 is 0 Å². The van der Waals surface area contributed by atoms with Crippen molar-refractivity contribution in [3.05, 3.63) is 71.0 Å².